The zero-order chi connectivity index (χ0) is 24.3. The second-order valence-corrected chi connectivity index (χ2v) is 7.71. The minimum absolute atomic E-state index is 0.0414. The second-order valence-electron chi connectivity index (χ2n) is 7.71. The van der Waals surface area contributed by atoms with Crippen LogP contribution >= 0.6 is 0 Å². The van der Waals surface area contributed by atoms with Gasteiger partial charge in [0.1, 0.15) is 0 Å². The molecule has 0 spiro atoms. The topological polar surface area (TPSA) is 78.4 Å². The lowest BCUT2D eigenvalue weighted by Gasteiger charge is -2.23. The summed E-state index contributed by atoms with van der Waals surface area (Å²) in [5.74, 6) is -1.53. The predicted molar refractivity (Wildman–Crippen MR) is 104 cm³/mol. The summed E-state index contributed by atoms with van der Waals surface area (Å²) in [5, 5.41) is 14.0. The number of carbonyl (C=O) groups is 2. The number of rotatable bonds is 6. The van der Waals surface area contributed by atoms with Crippen LogP contribution in [0.5, 0.6) is 0 Å². The molecule has 0 aliphatic heterocycles. The molecular weight excluding hydrogens is 442 g/mol. The van der Waals surface area contributed by atoms with E-state index in [9.17, 15) is 35.9 Å². The molecule has 174 valence electrons. The smallest absolute Gasteiger partial charge is 0.394 e. The van der Waals surface area contributed by atoms with Crippen molar-refractivity contribution in [1.82, 2.24) is 5.32 Å². The van der Waals surface area contributed by atoms with E-state index in [1.165, 1.54) is 24.3 Å². The molecule has 3 N–H and O–H groups in total. The van der Waals surface area contributed by atoms with Crippen molar-refractivity contribution in [1.29, 1.82) is 0 Å². The Morgan fingerprint density at radius 2 is 1.38 bits per heavy atom. The molecule has 2 rings (SSSR count). The van der Waals surface area contributed by atoms with Gasteiger partial charge in [-0.15, -0.1) is 0 Å². The van der Waals surface area contributed by atoms with Crippen LogP contribution in [0.25, 0.3) is 0 Å². The Bertz CT molecular complexity index is 950. The summed E-state index contributed by atoms with van der Waals surface area (Å²) >= 11 is 0. The third-order valence-corrected chi connectivity index (χ3v) is 4.30. The highest BCUT2D eigenvalue weighted by Gasteiger charge is 2.37. The van der Waals surface area contributed by atoms with Gasteiger partial charge < -0.3 is 15.7 Å². The van der Waals surface area contributed by atoms with E-state index in [4.69, 9.17) is 5.11 Å². The van der Waals surface area contributed by atoms with Gasteiger partial charge in [0.15, 0.2) is 0 Å². The Balaban J connectivity index is 2.17. The van der Waals surface area contributed by atoms with Gasteiger partial charge in [-0.3, -0.25) is 9.59 Å². The molecule has 0 aliphatic rings. The van der Waals surface area contributed by atoms with E-state index in [1.807, 2.05) is 0 Å². The number of hydrogen-bond acceptors (Lipinski definition) is 3. The zero-order valence-electron chi connectivity index (χ0n) is 17.0. The summed E-state index contributed by atoms with van der Waals surface area (Å²) in [5.41, 5.74) is -4.16. The van der Waals surface area contributed by atoms with Gasteiger partial charge in [-0.25, -0.2) is 0 Å². The van der Waals surface area contributed by atoms with Gasteiger partial charge in [0.2, 0.25) is 5.91 Å². The SMILES string of the molecule is CC(C)(CO)NC(=O)Cc1ccc(NC(=O)c2cc(C(F)(F)F)cc(C(F)(F)F)c2)cc1. The fraction of sp³-hybridized carbons (Fsp3) is 0.333. The summed E-state index contributed by atoms with van der Waals surface area (Å²) in [6, 6.07) is 6.27. The number of carbonyl (C=O) groups excluding carboxylic acids is 2. The lowest BCUT2D eigenvalue weighted by molar-refractivity contribution is -0.143. The number of anilines is 1. The van der Waals surface area contributed by atoms with Gasteiger partial charge in [0.05, 0.1) is 29.7 Å². The molecule has 0 heterocycles. The molecule has 0 radical (unpaired) electrons. The average Bonchev–Trinajstić information content (AvgIpc) is 2.67. The molecule has 0 unspecified atom stereocenters. The molecule has 32 heavy (non-hydrogen) atoms. The van der Waals surface area contributed by atoms with E-state index in [-0.39, 0.29) is 30.7 Å². The van der Waals surface area contributed by atoms with Crippen LogP contribution in [0.2, 0.25) is 0 Å². The number of halogens is 6. The maximum Gasteiger partial charge on any atom is 0.416 e. The molecule has 0 atom stereocenters. The van der Waals surface area contributed by atoms with Crippen LogP contribution in [0.3, 0.4) is 0 Å². The largest absolute Gasteiger partial charge is 0.416 e. The quantitative estimate of drug-likeness (QED) is 0.557. The van der Waals surface area contributed by atoms with E-state index in [0.29, 0.717) is 17.7 Å². The van der Waals surface area contributed by atoms with Crippen molar-refractivity contribution in [2.24, 2.45) is 0 Å². The van der Waals surface area contributed by atoms with Crippen molar-refractivity contribution in [2.45, 2.75) is 38.2 Å². The van der Waals surface area contributed by atoms with Crippen molar-refractivity contribution in [2.75, 3.05) is 11.9 Å². The van der Waals surface area contributed by atoms with Crippen molar-refractivity contribution < 1.29 is 41.0 Å². The Kier molecular flexibility index (Phi) is 7.23. The average molecular weight is 462 g/mol. The van der Waals surface area contributed by atoms with Crippen molar-refractivity contribution in [3.8, 4) is 0 Å². The molecule has 0 saturated carbocycles. The van der Waals surface area contributed by atoms with Crippen LogP contribution in [0, 0.1) is 0 Å². The minimum Gasteiger partial charge on any atom is -0.394 e. The first-order valence-corrected chi connectivity index (χ1v) is 9.22. The summed E-state index contributed by atoms with van der Waals surface area (Å²) in [4.78, 5) is 24.3. The van der Waals surface area contributed by atoms with E-state index < -0.39 is 40.5 Å². The first-order chi connectivity index (χ1) is 14.6. The molecule has 0 aliphatic carbocycles. The third kappa shape index (κ3) is 6.98. The lowest BCUT2D eigenvalue weighted by atomic mass is 10.0. The van der Waals surface area contributed by atoms with Gasteiger partial charge >= 0.3 is 12.4 Å². The Labute approximate surface area is 179 Å². The summed E-state index contributed by atoms with van der Waals surface area (Å²) in [6.45, 7) is 2.98. The number of nitrogens with one attached hydrogen (secondary N) is 2. The number of amides is 2. The number of aliphatic hydroxyl groups excluding tert-OH is 1. The molecular formula is C21H20F6N2O3. The number of benzene rings is 2. The van der Waals surface area contributed by atoms with Crippen LogP contribution in [-0.4, -0.2) is 29.1 Å². The highest BCUT2D eigenvalue weighted by Crippen LogP contribution is 2.36. The minimum atomic E-state index is -5.07. The maximum atomic E-state index is 13.0. The van der Waals surface area contributed by atoms with Crippen molar-refractivity contribution in [3.63, 3.8) is 0 Å². The standard InChI is InChI=1S/C21H20F6N2O3/c1-19(2,11-30)29-17(31)7-12-3-5-16(6-4-12)28-18(32)13-8-14(20(22,23)24)10-15(9-13)21(25,26)27/h3-6,8-10,30H,7,11H2,1-2H3,(H,28,32)(H,29,31). The van der Waals surface area contributed by atoms with Crippen LogP contribution in [-0.2, 0) is 23.6 Å². The molecule has 0 saturated heterocycles. The lowest BCUT2D eigenvalue weighted by Crippen LogP contribution is -2.46. The summed E-state index contributed by atoms with van der Waals surface area (Å²) in [6.07, 6.45) is -10.2. The Hall–Kier alpha value is -3.08. The van der Waals surface area contributed by atoms with E-state index >= 15 is 0 Å². The van der Waals surface area contributed by atoms with Gasteiger partial charge in [0, 0.05) is 11.3 Å². The predicted octanol–water partition coefficient (Wildman–Crippen LogP) is 4.41. The van der Waals surface area contributed by atoms with Crippen LogP contribution < -0.4 is 10.6 Å². The van der Waals surface area contributed by atoms with Gasteiger partial charge in [-0.1, -0.05) is 12.1 Å². The monoisotopic (exact) mass is 462 g/mol. The van der Waals surface area contributed by atoms with Gasteiger partial charge in [-0.2, -0.15) is 26.3 Å². The summed E-state index contributed by atoms with van der Waals surface area (Å²) < 4.78 is 77.7. The number of alkyl halides is 6. The highest BCUT2D eigenvalue weighted by molar-refractivity contribution is 6.04. The Morgan fingerprint density at radius 3 is 1.81 bits per heavy atom. The van der Waals surface area contributed by atoms with Gasteiger partial charge in [-0.05, 0) is 49.7 Å². The number of hydrogen-bond donors (Lipinski definition) is 3. The van der Waals surface area contributed by atoms with Gasteiger partial charge in [0.25, 0.3) is 5.91 Å². The molecule has 0 fully saturated rings. The Morgan fingerprint density at radius 1 is 0.875 bits per heavy atom. The fourth-order valence-electron chi connectivity index (χ4n) is 2.64. The molecule has 0 aromatic heterocycles. The fourth-order valence-corrected chi connectivity index (χ4v) is 2.64. The van der Waals surface area contributed by atoms with E-state index in [0.717, 1.165) is 0 Å². The van der Waals surface area contributed by atoms with Crippen molar-refractivity contribution >= 4 is 17.5 Å². The molecule has 11 heteroatoms. The van der Waals surface area contributed by atoms with Crippen molar-refractivity contribution in [3.05, 3.63) is 64.7 Å². The maximum absolute atomic E-state index is 13.0. The first kappa shape index (κ1) is 25.2. The second kappa shape index (κ2) is 9.19. The third-order valence-electron chi connectivity index (χ3n) is 4.30. The molecule has 5 nitrogen and oxygen atoms in total. The van der Waals surface area contributed by atoms with E-state index in [1.54, 1.807) is 13.8 Å². The summed E-state index contributed by atoms with van der Waals surface area (Å²) in [7, 11) is 0. The number of aliphatic hydroxyl groups is 1. The van der Waals surface area contributed by atoms with Crippen LogP contribution in [0.1, 0.15) is 40.9 Å². The van der Waals surface area contributed by atoms with Crippen LogP contribution in [0.15, 0.2) is 42.5 Å². The molecule has 2 aromatic carbocycles. The molecule has 0 bridgehead atoms. The molecule has 2 amide bonds. The molecule has 2 aromatic rings. The highest BCUT2D eigenvalue weighted by atomic mass is 19.4. The first-order valence-electron chi connectivity index (χ1n) is 9.22. The zero-order valence-corrected chi connectivity index (χ0v) is 17.0. The normalized spacial score (nSPS) is 12.4. The van der Waals surface area contributed by atoms with Crippen LogP contribution in [0.4, 0.5) is 32.0 Å². The van der Waals surface area contributed by atoms with E-state index in [2.05, 4.69) is 10.6 Å².